The fraction of sp³-hybridized carbons (Fsp3) is 0.333. The molecule has 5 heteroatoms. The van der Waals surface area contributed by atoms with Crippen molar-refractivity contribution in [1.82, 2.24) is 14.9 Å². The van der Waals surface area contributed by atoms with Crippen molar-refractivity contribution in [2.75, 3.05) is 0 Å². The summed E-state index contributed by atoms with van der Waals surface area (Å²) in [4.78, 5) is 4.27. The fourth-order valence-corrected chi connectivity index (χ4v) is 1.88. The van der Waals surface area contributed by atoms with Crippen molar-refractivity contribution in [2.45, 2.75) is 33.0 Å². The Kier molecular flexibility index (Phi) is 4.49. The summed E-state index contributed by atoms with van der Waals surface area (Å²) in [5.74, 6) is -0.453. The minimum Gasteiger partial charge on any atom is -0.333 e. The fourth-order valence-electron chi connectivity index (χ4n) is 1.88. The third-order valence-corrected chi connectivity index (χ3v) is 2.93. The molecule has 0 spiro atoms. The average Bonchev–Trinajstić information content (AvgIpc) is 2.86. The molecule has 2 rings (SSSR count). The zero-order valence-electron chi connectivity index (χ0n) is 11.6. The number of imidazole rings is 1. The van der Waals surface area contributed by atoms with Crippen LogP contribution in [-0.2, 0) is 13.1 Å². The molecule has 2 aromatic rings. The molecular formula is C15H17FN4. The second kappa shape index (κ2) is 6.31. The first-order chi connectivity index (χ1) is 9.60. The molecule has 0 amide bonds. The largest absolute Gasteiger partial charge is 0.333 e. The number of nitrogens with one attached hydrogen (secondary N) is 1. The zero-order valence-corrected chi connectivity index (χ0v) is 11.6. The molecule has 0 saturated carbocycles. The number of rotatable bonds is 5. The first-order valence-electron chi connectivity index (χ1n) is 6.51. The summed E-state index contributed by atoms with van der Waals surface area (Å²) in [6.45, 7) is 5.20. The molecule has 0 saturated heterocycles. The summed E-state index contributed by atoms with van der Waals surface area (Å²) in [6, 6.07) is 7.09. The zero-order chi connectivity index (χ0) is 14.5. The predicted octanol–water partition coefficient (Wildman–Crippen LogP) is 2.44. The monoisotopic (exact) mass is 272 g/mol. The van der Waals surface area contributed by atoms with Crippen LogP contribution < -0.4 is 5.32 Å². The number of benzene rings is 1. The number of nitriles is 1. The van der Waals surface area contributed by atoms with Crippen LogP contribution in [0.1, 0.15) is 30.7 Å². The van der Waals surface area contributed by atoms with Crippen molar-refractivity contribution in [2.24, 2.45) is 0 Å². The van der Waals surface area contributed by atoms with Crippen LogP contribution in [0.5, 0.6) is 0 Å². The lowest BCUT2D eigenvalue weighted by molar-refractivity contribution is 0.581. The van der Waals surface area contributed by atoms with Crippen LogP contribution in [0.3, 0.4) is 0 Å². The van der Waals surface area contributed by atoms with Gasteiger partial charge in [0, 0.05) is 24.3 Å². The summed E-state index contributed by atoms with van der Waals surface area (Å²) in [5, 5.41) is 12.1. The number of hydrogen-bond acceptors (Lipinski definition) is 3. The third-order valence-electron chi connectivity index (χ3n) is 2.93. The number of hydrogen-bond donors (Lipinski definition) is 1. The van der Waals surface area contributed by atoms with E-state index in [9.17, 15) is 4.39 Å². The molecule has 0 aliphatic rings. The van der Waals surface area contributed by atoms with E-state index in [2.05, 4.69) is 24.1 Å². The number of halogens is 1. The van der Waals surface area contributed by atoms with Crippen LogP contribution in [0.4, 0.5) is 4.39 Å². The molecule has 20 heavy (non-hydrogen) atoms. The lowest BCUT2D eigenvalue weighted by Gasteiger charge is -2.06. The van der Waals surface area contributed by atoms with Crippen molar-refractivity contribution in [3.8, 4) is 6.07 Å². The molecule has 1 aromatic heterocycles. The van der Waals surface area contributed by atoms with Crippen LogP contribution >= 0.6 is 0 Å². The summed E-state index contributed by atoms with van der Waals surface area (Å²) >= 11 is 0. The van der Waals surface area contributed by atoms with E-state index in [1.54, 1.807) is 18.5 Å². The van der Waals surface area contributed by atoms with Gasteiger partial charge in [0.15, 0.2) is 0 Å². The summed E-state index contributed by atoms with van der Waals surface area (Å²) < 4.78 is 15.8. The quantitative estimate of drug-likeness (QED) is 0.909. The van der Waals surface area contributed by atoms with E-state index >= 15 is 0 Å². The molecule has 0 aliphatic heterocycles. The van der Waals surface area contributed by atoms with Crippen molar-refractivity contribution in [3.05, 3.63) is 53.4 Å². The van der Waals surface area contributed by atoms with Crippen LogP contribution in [0, 0.1) is 17.1 Å². The minimum absolute atomic E-state index is 0.0734. The molecule has 0 unspecified atom stereocenters. The molecule has 0 atom stereocenters. The Balaban J connectivity index is 2.09. The van der Waals surface area contributed by atoms with Gasteiger partial charge in [-0.3, -0.25) is 0 Å². The van der Waals surface area contributed by atoms with E-state index in [-0.39, 0.29) is 5.56 Å². The molecule has 1 N–H and O–H groups in total. The Morgan fingerprint density at radius 1 is 1.45 bits per heavy atom. The Labute approximate surface area is 117 Å². The SMILES string of the molecule is CC(C)NCc1cn(Cc2cccc(C#N)c2F)cn1. The molecule has 0 bridgehead atoms. The highest BCUT2D eigenvalue weighted by Gasteiger charge is 2.08. The first-order valence-corrected chi connectivity index (χ1v) is 6.51. The second-order valence-corrected chi connectivity index (χ2v) is 4.96. The second-order valence-electron chi connectivity index (χ2n) is 4.96. The smallest absolute Gasteiger partial charge is 0.145 e. The molecule has 0 radical (unpaired) electrons. The molecule has 1 heterocycles. The van der Waals surface area contributed by atoms with Gasteiger partial charge in [0.2, 0.25) is 0 Å². The molecular weight excluding hydrogens is 255 g/mol. The highest BCUT2D eigenvalue weighted by atomic mass is 19.1. The van der Waals surface area contributed by atoms with Crippen LogP contribution in [-0.4, -0.2) is 15.6 Å². The van der Waals surface area contributed by atoms with Gasteiger partial charge in [-0.05, 0) is 6.07 Å². The standard InChI is InChI=1S/C15H17FN4/c1-11(2)18-7-14-9-20(10-19-14)8-13-5-3-4-12(6-17)15(13)16/h3-5,9-11,18H,7-8H2,1-2H3. The van der Waals surface area contributed by atoms with Gasteiger partial charge in [0.25, 0.3) is 0 Å². The van der Waals surface area contributed by atoms with Crippen molar-refractivity contribution < 1.29 is 4.39 Å². The molecule has 0 fully saturated rings. The van der Waals surface area contributed by atoms with Crippen molar-refractivity contribution >= 4 is 0 Å². The lowest BCUT2D eigenvalue weighted by Crippen LogP contribution is -2.21. The van der Waals surface area contributed by atoms with Gasteiger partial charge in [0.1, 0.15) is 11.9 Å². The van der Waals surface area contributed by atoms with E-state index in [0.717, 1.165) is 5.69 Å². The van der Waals surface area contributed by atoms with Gasteiger partial charge in [-0.15, -0.1) is 0 Å². The van der Waals surface area contributed by atoms with Crippen LogP contribution in [0.2, 0.25) is 0 Å². The van der Waals surface area contributed by atoms with E-state index in [4.69, 9.17) is 5.26 Å². The molecule has 0 aliphatic carbocycles. The Morgan fingerprint density at radius 3 is 2.95 bits per heavy atom. The number of aromatic nitrogens is 2. The van der Waals surface area contributed by atoms with E-state index in [1.807, 2.05) is 16.8 Å². The maximum absolute atomic E-state index is 14.0. The molecule has 104 valence electrons. The minimum atomic E-state index is -0.453. The van der Waals surface area contributed by atoms with Gasteiger partial charge in [-0.25, -0.2) is 9.37 Å². The topological polar surface area (TPSA) is 53.6 Å². The van der Waals surface area contributed by atoms with E-state index in [0.29, 0.717) is 24.7 Å². The summed E-state index contributed by atoms with van der Waals surface area (Å²) in [5.41, 5.74) is 1.48. The van der Waals surface area contributed by atoms with E-state index < -0.39 is 5.82 Å². The highest BCUT2D eigenvalue weighted by molar-refractivity contribution is 5.35. The van der Waals surface area contributed by atoms with Gasteiger partial charge in [-0.2, -0.15) is 5.26 Å². The van der Waals surface area contributed by atoms with Gasteiger partial charge in [0.05, 0.1) is 24.1 Å². The number of nitrogens with zero attached hydrogens (tertiary/aromatic N) is 3. The van der Waals surface area contributed by atoms with Crippen LogP contribution in [0.25, 0.3) is 0 Å². The average molecular weight is 272 g/mol. The van der Waals surface area contributed by atoms with E-state index in [1.165, 1.54) is 6.07 Å². The first kappa shape index (κ1) is 14.2. The molecule has 4 nitrogen and oxygen atoms in total. The lowest BCUT2D eigenvalue weighted by atomic mass is 10.1. The van der Waals surface area contributed by atoms with Crippen LogP contribution in [0.15, 0.2) is 30.7 Å². The van der Waals surface area contributed by atoms with Crippen molar-refractivity contribution in [3.63, 3.8) is 0 Å². The Bertz CT molecular complexity index is 625. The normalized spacial score (nSPS) is 10.8. The highest BCUT2D eigenvalue weighted by Crippen LogP contribution is 2.13. The maximum Gasteiger partial charge on any atom is 0.145 e. The molecule has 1 aromatic carbocycles. The van der Waals surface area contributed by atoms with Crippen molar-refractivity contribution in [1.29, 1.82) is 5.26 Å². The van der Waals surface area contributed by atoms with Gasteiger partial charge >= 0.3 is 0 Å². The summed E-state index contributed by atoms with van der Waals surface area (Å²) in [7, 11) is 0. The van der Waals surface area contributed by atoms with Gasteiger partial charge in [-0.1, -0.05) is 26.0 Å². The summed E-state index contributed by atoms with van der Waals surface area (Å²) in [6.07, 6.45) is 3.56. The Morgan fingerprint density at radius 2 is 2.25 bits per heavy atom. The maximum atomic E-state index is 14.0. The van der Waals surface area contributed by atoms with Gasteiger partial charge < -0.3 is 9.88 Å². The predicted molar refractivity (Wildman–Crippen MR) is 74.4 cm³/mol. The Hall–Kier alpha value is -2.19. The third kappa shape index (κ3) is 3.43.